The highest BCUT2D eigenvalue weighted by atomic mass is 15.3. The molecule has 0 aliphatic heterocycles. The maximum absolute atomic E-state index is 4.61. The number of anilines is 1. The van der Waals surface area contributed by atoms with Gasteiger partial charge in [0.2, 0.25) is 0 Å². The van der Waals surface area contributed by atoms with E-state index in [1.54, 1.807) is 12.4 Å². The second-order valence-electron chi connectivity index (χ2n) is 5.92. The Hall–Kier alpha value is -3.15. The van der Waals surface area contributed by atoms with Crippen LogP contribution in [-0.4, -0.2) is 24.4 Å². The Morgan fingerprint density at radius 2 is 1.92 bits per heavy atom. The fourth-order valence-electron chi connectivity index (χ4n) is 2.94. The molecule has 0 saturated heterocycles. The zero-order chi connectivity index (χ0) is 17.1. The fourth-order valence-corrected chi connectivity index (χ4v) is 2.94. The predicted molar refractivity (Wildman–Crippen MR) is 97.4 cm³/mol. The van der Waals surface area contributed by atoms with E-state index in [4.69, 9.17) is 0 Å². The van der Waals surface area contributed by atoms with Crippen LogP contribution in [-0.2, 0) is 13.0 Å². The monoisotopic (exact) mass is 332 g/mol. The number of benzene rings is 1. The molecule has 4 aromatic rings. The summed E-state index contributed by atoms with van der Waals surface area (Å²) in [6.45, 7) is 2.83. The number of nitrogens with one attached hydrogen (secondary N) is 1. The molecule has 3 aromatic heterocycles. The van der Waals surface area contributed by atoms with Gasteiger partial charge in [-0.25, -0.2) is 4.98 Å². The van der Waals surface area contributed by atoms with Crippen LogP contribution in [0.3, 0.4) is 0 Å². The maximum Gasteiger partial charge on any atom is 0.157 e. The Morgan fingerprint density at radius 3 is 2.68 bits per heavy atom. The van der Waals surface area contributed by atoms with Crippen LogP contribution in [0, 0.1) is 0 Å². The highest BCUT2D eigenvalue weighted by Gasteiger charge is 2.15. The molecule has 6 heteroatoms. The van der Waals surface area contributed by atoms with Crippen LogP contribution in [0.2, 0.25) is 0 Å². The highest BCUT2D eigenvalue weighted by Crippen LogP contribution is 2.22. The van der Waals surface area contributed by atoms with E-state index in [2.05, 4.69) is 57.8 Å². The third kappa shape index (κ3) is 3.24. The van der Waals surface area contributed by atoms with Crippen molar-refractivity contribution in [1.82, 2.24) is 24.4 Å². The number of aryl methyl sites for hydroxylation is 1. The summed E-state index contributed by atoms with van der Waals surface area (Å²) < 4.78 is 3.78. The molecule has 25 heavy (non-hydrogen) atoms. The molecule has 0 amide bonds. The first kappa shape index (κ1) is 15.4. The summed E-state index contributed by atoms with van der Waals surface area (Å²) >= 11 is 0. The maximum atomic E-state index is 4.61. The van der Waals surface area contributed by atoms with Gasteiger partial charge in [-0.05, 0) is 18.1 Å². The van der Waals surface area contributed by atoms with E-state index in [0.29, 0.717) is 0 Å². The smallest absolute Gasteiger partial charge is 0.157 e. The molecule has 0 radical (unpaired) electrons. The van der Waals surface area contributed by atoms with E-state index in [1.807, 2.05) is 33.6 Å². The van der Waals surface area contributed by atoms with Crippen LogP contribution >= 0.6 is 0 Å². The number of hydrogen-bond acceptors (Lipinski definition) is 4. The summed E-state index contributed by atoms with van der Waals surface area (Å²) in [6.07, 6.45) is 6.43. The molecule has 0 fully saturated rings. The van der Waals surface area contributed by atoms with Gasteiger partial charge in [-0.3, -0.25) is 4.68 Å². The largest absolute Gasteiger partial charge is 0.361 e. The third-order valence-corrected chi connectivity index (χ3v) is 4.23. The molecule has 0 spiro atoms. The lowest BCUT2D eigenvalue weighted by atomic mass is 10.1. The van der Waals surface area contributed by atoms with Gasteiger partial charge >= 0.3 is 0 Å². The van der Waals surface area contributed by atoms with Gasteiger partial charge in [-0.2, -0.15) is 14.7 Å². The first-order chi connectivity index (χ1) is 12.3. The average molecular weight is 332 g/mol. The molecule has 0 aliphatic rings. The molecule has 1 atom stereocenters. The minimum Gasteiger partial charge on any atom is -0.361 e. The number of hydrogen-bond donors (Lipinski definition) is 1. The van der Waals surface area contributed by atoms with Crippen molar-refractivity contribution in [2.75, 3.05) is 5.32 Å². The van der Waals surface area contributed by atoms with Crippen molar-refractivity contribution in [3.05, 3.63) is 78.4 Å². The Balaban J connectivity index is 1.72. The van der Waals surface area contributed by atoms with E-state index in [1.165, 1.54) is 5.56 Å². The van der Waals surface area contributed by atoms with E-state index < -0.39 is 0 Å². The Labute approximate surface area is 146 Å². The zero-order valence-corrected chi connectivity index (χ0v) is 14.1. The summed E-state index contributed by atoms with van der Waals surface area (Å²) in [4.78, 5) is 4.61. The van der Waals surface area contributed by atoms with Gasteiger partial charge in [0, 0.05) is 30.2 Å². The Bertz CT molecular complexity index is 943. The van der Waals surface area contributed by atoms with Crippen molar-refractivity contribution >= 4 is 11.5 Å². The van der Waals surface area contributed by atoms with Crippen molar-refractivity contribution in [3.8, 4) is 0 Å². The van der Waals surface area contributed by atoms with Gasteiger partial charge in [0.25, 0.3) is 0 Å². The molecule has 1 N–H and O–H groups in total. The molecule has 126 valence electrons. The lowest BCUT2D eigenvalue weighted by Crippen LogP contribution is -2.20. The molecule has 3 heterocycles. The second-order valence-corrected chi connectivity index (χ2v) is 5.92. The van der Waals surface area contributed by atoms with Gasteiger partial charge in [0.05, 0.1) is 18.8 Å². The van der Waals surface area contributed by atoms with E-state index in [0.717, 1.165) is 30.1 Å². The van der Waals surface area contributed by atoms with Gasteiger partial charge in [0.1, 0.15) is 5.82 Å². The van der Waals surface area contributed by atoms with Crippen LogP contribution in [0.4, 0.5) is 5.82 Å². The highest BCUT2D eigenvalue weighted by molar-refractivity contribution is 5.50. The number of nitrogens with zero attached hydrogens (tertiary/aromatic N) is 5. The molecule has 4 rings (SSSR count). The van der Waals surface area contributed by atoms with Crippen molar-refractivity contribution in [3.63, 3.8) is 0 Å². The van der Waals surface area contributed by atoms with Gasteiger partial charge in [-0.15, -0.1) is 0 Å². The summed E-state index contributed by atoms with van der Waals surface area (Å²) in [5, 5.41) is 12.4. The molecule has 6 nitrogen and oxygen atoms in total. The Kier molecular flexibility index (Phi) is 4.16. The van der Waals surface area contributed by atoms with Crippen LogP contribution in [0.25, 0.3) is 5.65 Å². The molecule has 0 saturated carbocycles. The first-order valence-corrected chi connectivity index (χ1v) is 8.46. The van der Waals surface area contributed by atoms with E-state index in [9.17, 15) is 0 Å². The number of rotatable bonds is 6. The summed E-state index contributed by atoms with van der Waals surface area (Å²) in [5.41, 5.74) is 3.10. The quantitative estimate of drug-likeness (QED) is 0.588. The van der Waals surface area contributed by atoms with Gasteiger partial charge in [-0.1, -0.05) is 37.3 Å². The van der Waals surface area contributed by atoms with Crippen molar-refractivity contribution < 1.29 is 0 Å². The molecular formula is C19H20N6. The van der Waals surface area contributed by atoms with E-state index in [-0.39, 0.29) is 6.04 Å². The molecule has 0 aliphatic carbocycles. The SMILES string of the molecule is CCc1cc(N[C@@H](Cn2cccn2)c2ccccc2)n2nccc2n1. The average Bonchev–Trinajstić information content (AvgIpc) is 3.33. The lowest BCUT2D eigenvalue weighted by Gasteiger charge is -2.21. The first-order valence-electron chi connectivity index (χ1n) is 8.46. The molecular weight excluding hydrogens is 312 g/mol. The van der Waals surface area contributed by atoms with Crippen LogP contribution in [0.15, 0.2) is 67.1 Å². The normalized spacial score (nSPS) is 12.4. The number of aromatic nitrogens is 5. The molecule has 0 bridgehead atoms. The third-order valence-electron chi connectivity index (χ3n) is 4.23. The summed E-state index contributed by atoms with van der Waals surface area (Å²) in [5.74, 6) is 0.938. The standard InChI is InChI=1S/C19H20N6/c1-2-16-13-19(25-18(22-16)9-11-21-25)23-17(14-24-12-6-10-20-24)15-7-4-3-5-8-15/h3-13,17,23H,2,14H2,1H3/t17-/m0/s1. The van der Waals surface area contributed by atoms with Crippen molar-refractivity contribution in [1.29, 1.82) is 0 Å². The van der Waals surface area contributed by atoms with Crippen LogP contribution < -0.4 is 5.32 Å². The summed E-state index contributed by atoms with van der Waals surface area (Å²) in [6, 6.07) is 16.4. The number of fused-ring (bicyclic) bond motifs is 1. The topological polar surface area (TPSA) is 60.0 Å². The summed E-state index contributed by atoms with van der Waals surface area (Å²) in [7, 11) is 0. The van der Waals surface area contributed by atoms with Gasteiger partial charge in [0.15, 0.2) is 5.65 Å². The van der Waals surface area contributed by atoms with Gasteiger partial charge < -0.3 is 5.32 Å². The second kappa shape index (κ2) is 6.76. The van der Waals surface area contributed by atoms with Crippen LogP contribution in [0.5, 0.6) is 0 Å². The predicted octanol–water partition coefficient (Wildman–Crippen LogP) is 3.34. The zero-order valence-electron chi connectivity index (χ0n) is 14.1. The fraction of sp³-hybridized carbons (Fsp3) is 0.211. The van der Waals surface area contributed by atoms with E-state index >= 15 is 0 Å². The minimum atomic E-state index is 0.0700. The van der Waals surface area contributed by atoms with Crippen LogP contribution in [0.1, 0.15) is 24.2 Å². The van der Waals surface area contributed by atoms with Crippen molar-refractivity contribution in [2.45, 2.75) is 25.9 Å². The molecule has 1 aromatic carbocycles. The lowest BCUT2D eigenvalue weighted by molar-refractivity contribution is 0.548. The Morgan fingerprint density at radius 1 is 1.04 bits per heavy atom. The molecule has 0 unspecified atom stereocenters. The van der Waals surface area contributed by atoms with Crippen molar-refractivity contribution in [2.24, 2.45) is 0 Å². The minimum absolute atomic E-state index is 0.0700.